The molecule has 0 unspecified atom stereocenters. The number of nitrogens with one attached hydrogen (secondary N) is 1. The van der Waals surface area contributed by atoms with Gasteiger partial charge < -0.3 is 14.6 Å². The fourth-order valence-corrected chi connectivity index (χ4v) is 7.44. The second-order valence-corrected chi connectivity index (χ2v) is 15.4. The summed E-state index contributed by atoms with van der Waals surface area (Å²) in [5, 5.41) is 3.24. The minimum atomic E-state index is -4.30. The maximum atomic E-state index is 13.6. The van der Waals surface area contributed by atoms with E-state index in [2.05, 4.69) is 36.7 Å². The third kappa shape index (κ3) is 9.04. The fourth-order valence-electron chi connectivity index (χ4n) is 6.13. The van der Waals surface area contributed by atoms with Gasteiger partial charge in [0.15, 0.2) is 0 Å². The molecule has 0 spiro atoms. The Bertz CT molecular complexity index is 1250. The van der Waals surface area contributed by atoms with Crippen molar-refractivity contribution >= 4 is 17.9 Å². The third-order valence-corrected chi connectivity index (χ3v) is 10.1. The van der Waals surface area contributed by atoms with E-state index in [-0.39, 0.29) is 17.4 Å². The normalized spacial score (nSPS) is 17.9. The van der Waals surface area contributed by atoms with Crippen molar-refractivity contribution in [1.29, 1.82) is 0 Å². The highest BCUT2D eigenvalue weighted by Crippen LogP contribution is 2.41. The smallest absolute Gasteiger partial charge is 0.381 e. The van der Waals surface area contributed by atoms with Gasteiger partial charge in [0.25, 0.3) is 5.91 Å². The van der Waals surface area contributed by atoms with E-state index >= 15 is 0 Å². The summed E-state index contributed by atoms with van der Waals surface area (Å²) in [6.45, 7) is 14.9. The van der Waals surface area contributed by atoms with Gasteiger partial charge in [0.2, 0.25) is 0 Å². The highest BCUT2D eigenvalue weighted by molar-refractivity contribution is 7.97. The lowest BCUT2D eigenvalue weighted by molar-refractivity contribution is -0.141. The molecule has 2 aromatic rings. The van der Waals surface area contributed by atoms with E-state index in [1.54, 1.807) is 0 Å². The molecule has 1 saturated heterocycles. The van der Waals surface area contributed by atoms with Gasteiger partial charge in [-0.1, -0.05) is 46.1 Å². The van der Waals surface area contributed by atoms with Gasteiger partial charge in [-0.15, -0.1) is 0 Å². The van der Waals surface area contributed by atoms with Gasteiger partial charge in [0.05, 0.1) is 5.56 Å². The summed E-state index contributed by atoms with van der Waals surface area (Å²) >= 11 is 1.18. The van der Waals surface area contributed by atoms with E-state index in [4.69, 9.17) is 4.74 Å². The number of carbonyl (C=O) groups excluding carboxylic acids is 1. The molecule has 0 radical (unpaired) electrons. The molecular weight excluding hydrogens is 571 g/mol. The van der Waals surface area contributed by atoms with Crippen LogP contribution in [0.1, 0.15) is 108 Å². The Morgan fingerprint density at radius 2 is 1.65 bits per heavy atom. The van der Waals surface area contributed by atoms with Crippen molar-refractivity contribution in [3.8, 4) is 11.3 Å². The van der Waals surface area contributed by atoms with Crippen molar-refractivity contribution < 1.29 is 22.7 Å². The lowest BCUT2D eigenvalue weighted by Gasteiger charge is -2.36. The maximum absolute atomic E-state index is 13.6. The molecule has 1 aromatic heterocycles. The average molecular weight is 622 g/mol. The summed E-state index contributed by atoms with van der Waals surface area (Å²) < 4.78 is 49.9. The van der Waals surface area contributed by atoms with Gasteiger partial charge >= 0.3 is 6.18 Å². The van der Waals surface area contributed by atoms with Crippen LogP contribution >= 0.6 is 11.9 Å². The predicted molar refractivity (Wildman–Crippen MR) is 170 cm³/mol. The Kier molecular flexibility index (Phi) is 10.7. The molecule has 0 bridgehead atoms. The number of hydrogen-bond donors (Lipinski definition) is 1. The van der Waals surface area contributed by atoms with Crippen LogP contribution in [0.5, 0.6) is 0 Å². The summed E-state index contributed by atoms with van der Waals surface area (Å²) in [4.78, 5) is 14.4. The number of hydrogen-bond acceptors (Lipinski definition) is 4. The summed E-state index contributed by atoms with van der Waals surface area (Å²) in [5.74, 6) is 0.508. The zero-order chi connectivity index (χ0) is 31.6. The van der Waals surface area contributed by atoms with Crippen LogP contribution in [0.15, 0.2) is 29.2 Å². The number of nitrogens with zero attached hydrogens (tertiary/aromatic N) is 2. The minimum absolute atomic E-state index is 0.0516. The number of amides is 1. The van der Waals surface area contributed by atoms with Crippen LogP contribution in [-0.4, -0.2) is 52.3 Å². The first kappa shape index (κ1) is 33.9. The molecular formula is C34H50F3N3O2S. The van der Waals surface area contributed by atoms with Crippen LogP contribution in [0.25, 0.3) is 11.3 Å². The molecule has 1 aromatic carbocycles. The molecule has 5 nitrogen and oxygen atoms in total. The number of carbonyl (C=O) groups is 1. The van der Waals surface area contributed by atoms with Crippen LogP contribution in [0.2, 0.25) is 0 Å². The first-order chi connectivity index (χ1) is 20.0. The Hall–Kier alpha value is -1.97. The monoisotopic (exact) mass is 621 g/mol. The van der Waals surface area contributed by atoms with Crippen molar-refractivity contribution in [1.82, 2.24) is 14.2 Å². The lowest BCUT2D eigenvalue weighted by atomic mass is 9.85. The maximum Gasteiger partial charge on any atom is 0.402 e. The van der Waals surface area contributed by atoms with Gasteiger partial charge in [-0.3, -0.25) is 4.79 Å². The number of aromatic nitrogens is 1. The van der Waals surface area contributed by atoms with Crippen molar-refractivity contribution in [3.05, 3.63) is 41.1 Å². The number of ether oxygens (including phenoxy) is 1. The standard InChI is InChI=1S/C34H50F3N3O2S/c1-23-27(31(41)38-26-15-17-42-18-16-26)20-29(39(23)21-24-11-9-8-10-12-24)25-13-14-30(28(19-25)32(2,3)4)43-40(33(5,6)7)22-34(35,36)37/h13-14,19-20,24,26H,8-12,15-18,21-22H2,1-7H3,(H,38,41). The van der Waals surface area contributed by atoms with Gasteiger partial charge in [0, 0.05) is 47.6 Å². The van der Waals surface area contributed by atoms with Crippen LogP contribution in [0.3, 0.4) is 0 Å². The van der Waals surface area contributed by atoms with E-state index in [9.17, 15) is 18.0 Å². The molecule has 2 heterocycles. The molecule has 1 amide bonds. The Morgan fingerprint density at radius 1 is 1.00 bits per heavy atom. The quantitative estimate of drug-likeness (QED) is 0.299. The molecule has 1 aliphatic heterocycles. The molecule has 1 aliphatic carbocycles. The second kappa shape index (κ2) is 13.6. The molecule has 2 aliphatic rings. The van der Waals surface area contributed by atoms with Gasteiger partial charge in [0.1, 0.15) is 6.54 Å². The predicted octanol–water partition coefficient (Wildman–Crippen LogP) is 8.92. The van der Waals surface area contributed by atoms with Crippen LogP contribution in [0, 0.1) is 12.8 Å². The Morgan fingerprint density at radius 3 is 2.23 bits per heavy atom. The first-order valence-electron chi connectivity index (χ1n) is 15.8. The third-order valence-electron chi connectivity index (χ3n) is 8.70. The SMILES string of the molecule is Cc1c(C(=O)NC2CCOCC2)cc(-c2ccc(SN(CC(F)(F)F)C(C)(C)C)c(C(C)(C)C)c2)n1CC1CCCCC1. The fraction of sp³-hybridized carbons (Fsp3) is 0.676. The number of alkyl halides is 3. The molecule has 43 heavy (non-hydrogen) atoms. The van der Waals surface area contributed by atoms with Gasteiger partial charge in [-0.25, -0.2) is 4.31 Å². The summed E-state index contributed by atoms with van der Waals surface area (Å²) in [5.41, 5.74) is 3.62. The number of halogens is 3. The number of rotatable bonds is 8. The van der Waals surface area contributed by atoms with E-state index in [0.717, 1.165) is 46.8 Å². The molecule has 1 saturated carbocycles. The highest BCUT2D eigenvalue weighted by atomic mass is 32.2. The molecule has 9 heteroatoms. The molecule has 2 fully saturated rings. The molecule has 1 N–H and O–H groups in total. The van der Waals surface area contributed by atoms with E-state index in [1.165, 1.54) is 48.4 Å². The molecule has 240 valence electrons. The number of benzene rings is 1. The topological polar surface area (TPSA) is 46.5 Å². The van der Waals surface area contributed by atoms with Crippen molar-refractivity contribution in [2.75, 3.05) is 19.8 Å². The zero-order valence-corrected chi connectivity index (χ0v) is 27.8. The second-order valence-electron chi connectivity index (χ2n) is 14.4. The largest absolute Gasteiger partial charge is 0.402 e. The van der Waals surface area contributed by atoms with Crippen LogP contribution in [-0.2, 0) is 16.7 Å². The Labute approximate surface area is 260 Å². The van der Waals surface area contributed by atoms with Gasteiger partial charge in [-0.2, -0.15) is 13.2 Å². The van der Waals surface area contributed by atoms with Crippen LogP contribution < -0.4 is 5.32 Å². The van der Waals surface area contributed by atoms with Crippen LogP contribution in [0.4, 0.5) is 13.2 Å². The zero-order valence-electron chi connectivity index (χ0n) is 27.0. The van der Waals surface area contributed by atoms with E-state index in [1.807, 2.05) is 45.9 Å². The summed E-state index contributed by atoms with van der Waals surface area (Å²) in [7, 11) is 0. The van der Waals surface area contributed by atoms with Crippen molar-refractivity contribution in [2.24, 2.45) is 5.92 Å². The van der Waals surface area contributed by atoms with E-state index in [0.29, 0.717) is 24.7 Å². The van der Waals surface area contributed by atoms with E-state index < -0.39 is 18.3 Å². The molecule has 4 rings (SSSR count). The summed E-state index contributed by atoms with van der Waals surface area (Å²) in [6, 6.07) is 8.23. The molecule has 0 atom stereocenters. The minimum Gasteiger partial charge on any atom is -0.381 e. The summed E-state index contributed by atoms with van der Waals surface area (Å²) in [6.07, 6.45) is 3.45. The van der Waals surface area contributed by atoms with Crippen molar-refractivity contribution in [3.63, 3.8) is 0 Å². The first-order valence-corrected chi connectivity index (χ1v) is 16.6. The van der Waals surface area contributed by atoms with Gasteiger partial charge in [-0.05, 0) is 106 Å². The lowest BCUT2D eigenvalue weighted by Crippen LogP contribution is -2.42. The Balaban J connectivity index is 1.74. The highest BCUT2D eigenvalue weighted by Gasteiger charge is 2.37. The average Bonchev–Trinajstić information content (AvgIpc) is 3.23. The van der Waals surface area contributed by atoms with Crippen molar-refractivity contribution in [2.45, 2.75) is 128 Å².